The molecule has 0 unspecified atom stereocenters. The van der Waals surface area contributed by atoms with Crippen molar-refractivity contribution in [1.29, 1.82) is 0 Å². The summed E-state index contributed by atoms with van der Waals surface area (Å²) in [6, 6.07) is 10.8. The molecule has 0 radical (unpaired) electrons. The highest BCUT2D eigenvalue weighted by Crippen LogP contribution is 2.42. The Morgan fingerprint density at radius 1 is 0.738 bits per heavy atom. The lowest BCUT2D eigenvalue weighted by Crippen LogP contribution is -2.62. The third-order valence-corrected chi connectivity index (χ3v) is 7.17. The molecular weight excluding hydrogens is 564 g/mol. The number of hydrogen-bond donors (Lipinski definition) is 9. The summed E-state index contributed by atoms with van der Waals surface area (Å²) in [5.41, 5.74) is -0.288. The Morgan fingerprint density at radius 2 is 1.36 bits per heavy atom. The Bertz CT molecular complexity index is 1440. The molecule has 15 heteroatoms. The van der Waals surface area contributed by atoms with Gasteiger partial charge in [-0.25, -0.2) is 0 Å². The average Bonchev–Trinajstić information content (AvgIpc) is 2.99. The number of hydrogen-bond acceptors (Lipinski definition) is 15. The molecule has 10 atom stereocenters. The van der Waals surface area contributed by atoms with E-state index in [4.69, 9.17) is 23.4 Å². The summed E-state index contributed by atoms with van der Waals surface area (Å²) in [6.45, 7) is -1.32. The summed E-state index contributed by atoms with van der Waals surface area (Å²) in [7, 11) is 0. The van der Waals surface area contributed by atoms with Gasteiger partial charge in [0, 0.05) is 17.7 Å². The second-order valence-corrected chi connectivity index (χ2v) is 9.95. The van der Waals surface area contributed by atoms with Crippen LogP contribution in [0.25, 0.3) is 22.3 Å². The average molecular weight is 595 g/mol. The van der Waals surface area contributed by atoms with Crippen molar-refractivity contribution < 1.29 is 69.3 Å². The molecule has 2 aliphatic heterocycles. The predicted octanol–water partition coefficient (Wildman–Crippen LogP) is -2.13. The molecule has 2 fully saturated rings. The lowest BCUT2D eigenvalue weighted by molar-refractivity contribution is -0.323. The van der Waals surface area contributed by atoms with Crippen molar-refractivity contribution in [1.82, 2.24) is 0 Å². The molecule has 0 spiro atoms. The summed E-state index contributed by atoms with van der Waals surface area (Å²) < 4.78 is 27.5. The molecule has 1 aromatic heterocycles. The van der Waals surface area contributed by atoms with Crippen molar-refractivity contribution in [2.24, 2.45) is 0 Å². The fourth-order valence-corrected chi connectivity index (χ4v) is 4.78. The minimum Gasteiger partial charge on any atom is -0.504 e. The van der Waals surface area contributed by atoms with Crippen molar-refractivity contribution >= 4 is 11.0 Å². The number of rotatable bonds is 7. The smallest absolute Gasteiger partial charge is 0.229 e. The Hall–Kier alpha value is -3.35. The van der Waals surface area contributed by atoms with Crippen LogP contribution in [0.5, 0.6) is 17.2 Å². The summed E-state index contributed by atoms with van der Waals surface area (Å²) in [4.78, 5) is 12.7. The maximum Gasteiger partial charge on any atom is 0.229 e. The van der Waals surface area contributed by atoms with Crippen molar-refractivity contribution in [2.45, 2.75) is 61.4 Å². The minimum atomic E-state index is -1.89. The van der Waals surface area contributed by atoms with Crippen molar-refractivity contribution in [2.75, 3.05) is 13.2 Å². The molecule has 228 valence electrons. The van der Waals surface area contributed by atoms with Crippen LogP contribution in [0.15, 0.2) is 51.7 Å². The molecule has 0 bridgehead atoms. The summed E-state index contributed by atoms with van der Waals surface area (Å²) >= 11 is 0. The van der Waals surface area contributed by atoms with Crippen LogP contribution in [0, 0.1) is 0 Å². The van der Waals surface area contributed by atoms with Crippen LogP contribution in [0.1, 0.15) is 0 Å². The summed E-state index contributed by atoms with van der Waals surface area (Å²) in [5, 5.41) is 91.6. The van der Waals surface area contributed by atoms with Gasteiger partial charge in [-0.2, -0.15) is 0 Å². The highest BCUT2D eigenvalue weighted by atomic mass is 16.7. The molecule has 15 nitrogen and oxygen atoms in total. The number of aromatic hydroxyl groups is 2. The number of fused-ring (bicyclic) bond motifs is 1. The normalized spacial score (nSPS) is 33.5. The number of ether oxygens (including phenoxy) is 4. The van der Waals surface area contributed by atoms with E-state index in [0.29, 0.717) is 5.56 Å². The molecule has 2 aliphatic rings. The number of phenolic OH excluding ortho intramolecular Hbond substituents is 2. The van der Waals surface area contributed by atoms with E-state index in [0.717, 1.165) is 12.1 Å². The molecule has 3 aromatic rings. The maximum atomic E-state index is 12.7. The van der Waals surface area contributed by atoms with E-state index in [2.05, 4.69) is 0 Å². The Kier molecular flexibility index (Phi) is 8.68. The quantitative estimate of drug-likeness (QED) is 0.133. The van der Waals surface area contributed by atoms with Gasteiger partial charge < -0.3 is 69.3 Å². The van der Waals surface area contributed by atoms with Crippen LogP contribution in [-0.4, -0.2) is 121 Å². The number of benzene rings is 2. The lowest BCUT2D eigenvalue weighted by atomic mass is 9.98. The Morgan fingerprint density at radius 3 is 2.02 bits per heavy atom. The van der Waals surface area contributed by atoms with Crippen LogP contribution in [0.4, 0.5) is 0 Å². The van der Waals surface area contributed by atoms with E-state index in [1.54, 1.807) is 30.3 Å². The van der Waals surface area contributed by atoms with E-state index in [1.807, 2.05) is 0 Å². The molecule has 0 saturated carbocycles. The van der Waals surface area contributed by atoms with Crippen LogP contribution < -0.4 is 10.2 Å². The third-order valence-electron chi connectivity index (χ3n) is 7.17. The van der Waals surface area contributed by atoms with Gasteiger partial charge >= 0.3 is 0 Å². The van der Waals surface area contributed by atoms with Crippen LogP contribution in [0.3, 0.4) is 0 Å². The van der Waals surface area contributed by atoms with Gasteiger partial charge in [0.1, 0.15) is 65.6 Å². The maximum absolute atomic E-state index is 12.7. The number of aliphatic hydroxyl groups is 7. The fraction of sp³-hybridized carbons (Fsp3) is 0.444. The molecule has 9 N–H and O–H groups in total. The molecule has 0 amide bonds. The molecule has 2 saturated heterocycles. The second kappa shape index (κ2) is 12.1. The van der Waals surface area contributed by atoms with Crippen LogP contribution in [-0.2, 0) is 14.2 Å². The van der Waals surface area contributed by atoms with Gasteiger partial charge in [-0.3, -0.25) is 4.79 Å². The highest BCUT2D eigenvalue weighted by molar-refractivity contribution is 5.89. The second-order valence-electron chi connectivity index (χ2n) is 9.95. The monoisotopic (exact) mass is 594 g/mol. The van der Waals surface area contributed by atoms with E-state index >= 15 is 0 Å². The first-order valence-corrected chi connectivity index (χ1v) is 12.9. The third kappa shape index (κ3) is 5.55. The zero-order valence-electron chi connectivity index (χ0n) is 21.7. The lowest BCUT2D eigenvalue weighted by Gasteiger charge is -2.42. The predicted molar refractivity (Wildman–Crippen MR) is 138 cm³/mol. The first-order valence-electron chi connectivity index (χ1n) is 12.9. The van der Waals surface area contributed by atoms with Crippen molar-refractivity contribution in [3.05, 3.63) is 52.7 Å². The number of aliphatic hydroxyl groups excluding tert-OH is 7. The van der Waals surface area contributed by atoms with Gasteiger partial charge in [0.25, 0.3) is 0 Å². The molecule has 2 aromatic carbocycles. The van der Waals surface area contributed by atoms with E-state index in [1.165, 1.54) is 0 Å². The molecular formula is C27H30O15. The van der Waals surface area contributed by atoms with Gasteiger partial charge in [0.2, 0.25) is 12.0 Å². The van der Waals surface area contributed by atoms with Gasteiger partial charge in [0.15, 0.2) is 23.2 Å². The van der Waals surface area contributed by atoms with Crippen LogP contribution in [0.2, 0.25) is 0 Å². The van der Waals surface area contributed by atoms with Gasteiger partial charge in [-0.15, -0.1) is 0 Å². The SMILES string of the molecule is O=c1cc(-c2ccccc2)oc2cc(O[C@@H]3O[C@H](CO[C@@H]4O[C@@H](CO)[C@@H](O)[C@H](O)[C@H]4O)[C@@H](O)[C@H](O)[C@H]3O)c(O)c(O)c12. The standard InChI is InChI=1S/C27H30O15/c28-8-15-19(31)22(34)24(36)26(41-15)38-9-16-20(32)23(35)25(37)27(42-16)40-14-7-13-17(21(33)18(14)30)11(29)6-12(39-13)10-4-2-1-3-5-10/h1-7,15-16,19-20,22-28,30-37H,8-9H2/t15-,16+,19+,20+,22-,23-,24+,25+,26+,27+/m0/s1. The van der Waals surface area contributed by atoms with Gasteiger partial charge in [-0.1, -0.05) is 30.3 Å². The van der Waals surface area contributed by atoms with E-state index < -0.39 is 97.3 Å². The summed E-state index contributed by atoms with van der Waals surface area (Å²) in [5.74, 6) is -2.12. The summed E-state index contributed by atoms with van der Waals surface area (Å²) in [6.07, 6.45) is -16.7. The van der Waals surface area contributed by atoms with Crippen molar-refractivity contribution in [3.63, 3.8) is 0 Å². The van der Waals surface area contributed by atoms with E-state index in [9.17, 15) is 50.8 Å². The first-order chi connectivity index (χ1) is 20.0. The van der Waals surface area contributed by atoms with Gasteiger partial charge in [0.05, 0.1) is 13.2 Å². The fourth-order valence-electron chi connectivity index (χ4n) is 4.78. The van der Waals surface area contributed by atoms with Gasteiger partial charge in [-0.05, 0) is 0 Å². The minimum absolute atomic E-state index is 0.155. The first kappa shape index (κ1) is 30.1. The zero-order chi connectivity index (χ0) is 30.3. The van der Waals surface area contributed by atoms with Crippen molar-refractivity contribution in [3.8, 4) is 28.6 Å². The topological polar surface area (TPSA) is 249 Å². The molecule has 3 heterocycles. The molecule has 0 aliphatic carbocycles. The van der Waals surface area contributed by atoms with E-state index in [-0.39, 0.29) is 16.7 Å². The molecule has 5 rings (SSSR count). The Balaban J connectivity index is 1.37. The largest absolute Gasteiger partial charge is 0.504 e. The highest BCUT2D eigenvalue weighted by Gasteiger charge is 2.48. The Labute approximate surface area is 236 Å². The number of phenols is 2. The molecule has 42 heavy (non-hydrogen) atoms. The zero-order valence-corrected chi connectivity index (χ0v) is 21.7. The van der Waals surface area contributed by atoms with Crippen LogP contribution >= 0.6 is 0 Å².